The van der Waals surface area contributed by atoms with Crippen molar-refractivity contribution in [2.45, 2.75) is 24.5 Å². The largest absolute Gasteiger partial charge is 0.274 e. The van der Waals surface area contributed by atoms with E-state index in [1.54, 1.807) is 11.8 Å². The van der Waals surface area contributed by atoms with Gasteiger partial charge in [-0.25, -0.2) is 0 Å². The molecule has 1 unspecified atom stereocenters. The van der Waals surface area contributed by atoms with Gasteiger partial charge < -0.3 is 0 Å². The summed E-state index contributed by atoms with van der Waals surface area (Å²) < 4.78 is 0.326. The summed E-state index contributed by atoms with van der Waals surface area (Å²) in [6, 6.07) is 0. The number of thioether (sulfide) groups is 2. The minimum Gasteiger partial charge on any atom is -0.274 e. The summed E-state index contributed by atoms with van der Waals surface area (Å²) in [4.78, 5) is 11.5. The second-order valence-electron chi connectivity index (χ2n) is 3.53. The molecule has 10 heavy (non-hydrogen) atoms. The van der Waals surface area contributed by atoms with Crippen LogP contribution in [0.3, 0.4) is 0 Å². The zero-order valence-electron chi connectivity index (χ0n) is 6.51. The molecule has 0 N–H and O–H groups in total. The number of rotatable bonds is 1. The van der Waals surface area contributed by atoms with Gasteiger partial charge in [-0.2, -0.15) is 0 Å². The lowest BCUT2D eigenvalue weighted by molar-refractivity contribution is 0.277. The Hall–Kier alpha value is 0.587. The zero-order chi connectivity index (χ0) is 7.78. The number of carbonyl (C=O) groups is 1. The Morgan fingerprint density at radius 1 is 1.50 bits per heavy atom. The van der Waals surface area contributed by atoms with Crippen LogP contribution < -0.4 is 0 Å². The minimum atomic E-state index is -1.04. The van der Waals surface area contributed by atoms with Crippen LogP contribution in [0, 0.1) is 0 Å². The van der Waals surface area contributed by atoms with Crippen molar-refractivity contribution in [1.29, 1.82) is 0 Å². The standard InChI is InChI=1S/C6H12OS2Si/c1-10(2,3)5-4-8-6(7)9-5/h5H,4H2,1-3H3. The zero-order valence-corrected chi connectivity index (χ0v) is 9.14. The van der Waals surface area contributed by atoms with Crippen LogP contribution in [0.1, 0.15) is 0 Å². The molecule has 1 heterocycles. The molecule has 4 heteroatoms. The van der Waals surface area contributed by atoms with Gasteiger partial charge in [0, 0.05) is 10.6 Å². The van der Waals surface area contributed by atoms with E-state index in [0.29, 0.717) is 9.32 Å². The molecule has 0 aliphatic carbocycles. The molecule has 0 radical (unpaired) electrons. The SMILES string of the molecule is C[Si](C)(C)C1CSC(=O)S1. The van der Waals surface area contributed by atoms with E-state index in [0.717, 1.165) is 5.75 Å². The van der Waals surface area contributed by atoms with E-state index in [9.17, 15) is 4.79 Å². The summed E-state index contributed by atoms with van der Waals surface area (Å²) in [5.41, 5.74) is 0. The first kappa shape index (κ1) is 8.68. The fraction of sp³-hybridized carbons (Fsp3) is 0.833. The summed E-state index contributed by atoms with van der Waals surface area (Å²) in [7, 11) is -1.04. The van der Waals surface area contributed by atoms with Gasteiger partial charge in [0.15, 0.2) is 0 Å². The lowest BCUT2D eigenvalue weighted by atomic mass is 10.9. The molecule has 0 aromatic carbocycles. The molecule has 58 valence electrons. The van der Waals surface area contributed by atoms with Crippen molar-refractivity contribution in [2.24, 2.45) is 0 Å². The maximum absolute atomic E-state index is 10.8. The van der Waals surface area contributed by atoms with Crippen LogP contribution in [-0.2, 0) is 0 Å². The highest BCUT2D eigenvalue weighted by molar-refractivity contribution is 8.42. The molecule has 1 nitrogen and oxygen atoms in total. The normalized spacial score (nSPS) is 27.5. The Kier molecular flexibility index (Phi) is 2.53. The second kappa shape index (κ2) is 2.91. The van der Waals surface area contributed by atoms with E-state index in [1.165, 1.54) is 11.8 Å². The molecule has 0 saturated carbocycles. The fourth-order valence-corrected chi connectivity index (χ4v) is 6.82. The maximum atomic E-state index is 10.8. The monoisotopic (exact) mass is 192 g/mol. The first-order valence-electron chi connectivity index (χ1n) is 3.33. The molecule has 0 aromatic heterocycles. The molecule has 1 rings (SSSR count). The van der Waals surface area contributed by atoms with Gasteiger partial charge in [0.2, 0.25) is 4.45 Å². The Balaban J connectivity index is 2.53. The second-order valence-corrected chi connectivity index (χ2v) is 11.8. The van der Waals surface area contributed by atoms with Crippen LogP contribution in [0.15, 0.2) is 0 Å². The van der Waals surface area contributed by atoms with Crippen LogP contribution in [0.25, 0.3) is 0 Å². The third-order valence-corrected chi connectivity index (χ3v) is 8.70. The molecular weight excluding hydrogens is 180 g/mol. The molecule has 1 saturated heterocycles. The van der Waals surface area contributed by atoms with Crippen molar-refractivity contribution in [1.82, 2.24) is 0 Å². The summed E-state index contributed by atoms with van der Waals surface area (Å²) >= 11 is 3.05. The van der Waals surface area contributed by atoms with E-state index in [-0.39, 0.29) is 0 Å². The van der Waals surface area contributed by atoms with Crippen LogP contribution >= 0.6 is 23.5 Å². The predicted molar refractivity (Wildman–Crippen MR) is 52.6 cm³/mol. The minimum absolute atomic E-state index is 0.326. The van der Waals surface area contributed by atoms with Gasteiger partial charge in [0.25, 0.3) is 0 Å². The van der Waals surface area contributed by atoms with Crippen LogP contribution in [-0.4, -0.2) is 23.1 Å². The Bertz CT molecular complexity index is 152. The molecule has 0 amide bonds. The van der Waals surface area contributed by atoms with E-state index >= 15 is 0 Å². The third kappa shape index (κ3) is 2.03. The number of hydrogen-bond acceptors (Lipinski definition) is 3. The molecule has 1 aliphatic rings. The van der Waals surface area contributed by atoms with Gasteiger partial charge in [0.05, 0.1) is 8.07 Å². The van der Waals surface area contributed by atoms with Gasteiger partial charge >= 0.3 is 0 Å². The van der Waals surface area contributed by atoms with Crippen LogP contribution in [0.4, 0.5) is 4.79 Å². The fourth-order valence-electron chi connectivity index (χ4n) is 0.755. The topological polar surface area (TPSA) is 17.1 Å². The lowest BCUT2D eigenvalue weighted by Gasteiger charge is -2.21. The van der Waals surface area contributed by atoms with E-state index in [2.05, 4.69) is 19.6 Å². The van der Waals surface area contributed by atoms with Gasteiger partial charge in [-0.3, -0.25) is 4.79 Å². The van der Waals surface area contributed by atoms with Crippen molar-refractivity contribution in [3.63, 3.8) is 0 Å². The lowest BCUT2D eigenvalue weighted by Crippen LogP contribution is -2.35. The Labute approximate surface area is 71.3 Å². The van der Waals surface area contributed by atoms with Gasteiger partial charge in [-0.05, 0) is 0 Å². The van der Waals surface area contributed by atoms with E-state index in [4.69, 9.17) is 0 Å². The van der Waals surface area contributed by atoms with Crippen molar-refractivity contribution in [3.05, 3.63) is 0 Å². The maximum Gasteiger partial charge on any atom is 0.246 e. The first-order valence-corrected chi connectivity index (χ1v) is 8.78. The Morgan fingerprint density at radius 2 is 2.10 bits per heavy atom. The first-order chi connectivity index (χ1) is 4.50. The molecule has 1 atom stereocenters. The summed E-state index contributed by atoms with van der Waals surface area (Å²) in [5, 5.41) is 0. The third-order valence-electron chi connectivity index (χ3n) is 1.56. The van der Waals surface area contributed by atoms with E-state index < -0.39 is 8.07 Å². The molecular formula is C6H12OS2Si. The number of carbonyl (C=O) groups excluding carboxylic acids is 1. The summed E-state index contributed by atoms with van der Waals surface area (Å²) in [5.74, 6) is 1.05. The highest BCUT2D eigenvalue weighted by Crippen LogP contribution is 2.37. The average Bonchev–Trinajstić information content (AvgIpc) is 2.11. The highest BCUT2D eigenvalue weighted by Gasteiger charge is 2.34. The van der Waals surface area contributed by atoms with Crippen molar-refractivity contribution < 1.29 is 4.79 Å². The molecule has 0 bridgehead atoms. The molecule has 0 aromatic rings. The number of hydrogen-bond donors (Lipinski definition) is 0. The molecule has 1 fully saturated rings. The van der Waals surface area contributed by atoms with Crippen LogP contribution in [0.2, 0.25) is 19.6 Å². The smallest absolute Gasteiger partial charge is 0.246 e. The van der Waals surface area contributed by atoms with Crippen molar-refractivity contribution in [2.75, 3.05) is 5.75 Å². The van der Waals surface area contributed by atoms with Gasteiger partial charge in [0.1, 0.15) is 0 Å². The Morgan fingerprint density at radius 3 is 2.30 bits per heavy atom. The van der Waals surface area contributed by atoms with Crippen molar-refractivity contribution >= 4 is 36.0 Å². The predicted octanol–water partition coefficient (Wildman–Crippen LogP) is 2.83. The summed E-state index contributed by atoms with van der Waals surface area (Å²) in [6.45, 7) is 6.97. The highest BCUT2D eigenvalue weighted by atomic mass is 32.2. The molecule has 0 spiro atoms. The quantitative estimate of drug-likeness (QED) is 0.595. The van der Waals surface area contributed by atoms with Gasteiger partial charge in [-0.1, -0.05) is 43.2 Å². The van der Waals surface area contributed by atoms with E-state index in [1.807, 2.05) is 0 Å². The summed E-state index contributed by atoms with van der Waals surface area (Å²) in [6.07, 6.45) is 0. The van der Waals surface area contributed by atoms with Crippen molar-refractivity contribution in [3.8, 4) is 0 Å². The molecule has 1 aliphatic heterocycles. The average molecular weight is 192 g/mol. The van der Waals surface area contributed by atoms with Gasteiger partial charge in [-0.15, -0.1) is 0 Å². The van der Waals surface area contributed by atoms with Crippen LogP contribution in [0.5, 0.6) is 0 Å².